The van der Waals surface area contributed by atoms with E-state index in [2.05, 4.69) is 4.99 Å². The number of carboxylic acids is 1. The lowest BCUT2D eigenvalue weighted by atomic mass is 10.1. The van der Waals surface area contributed by atoms with Crippen LogP contribution in [0, 0.1) is 0 Å². The van der Waals surface area contributed by atoms with Crippen LogP contribution in [-0.2, 0) is 38.0 Å². The van der Waals surface area contributed by atoms with Crippen LogP contribution in [0.5, 0.6) is 11.5 Å². The van der Waals surface area contributed by atoms with Gasteiger partial charge in [-0.05, 0) is 19.1 Å². The molecule has 1 aliphatic heterocycles. The summed E-state index contributed by atoms with van der Waals surface area (Å²) in [6.45, 7) is 8.27. The van der Waals surface area contributed by atoms with E-state index in [4.69, 9.17) is 37.9 Å². The number of aliphatic imine (C=N–C) groups is 1. The maximum Gasteiger partial charge on any atom is 0.332 e. The molecule has 0 fully saturated rings. The molecule has 222 valence electrons. The van der Waals surface area contributed by atoms with Crippen LogP contribution in [-0.4, -0.2) is 132 Å². The lowest BCUT2D eigenvalue weighted by Gasteiger charge is -2.12. The minimum absolute atomic E-state index is 0.0129. The Hall–Kier alpha value is -1.97. The first-order valence-corrected chi connectivity index (χ1v) is 13.8. The highest BCUT2D eigenvalue weighted by atomic mass is 32.2. The van der Waals surface area contributed by atoms with Gasteiger partial charge in [0.25, 0.3) is 0 Å². The third-order valence-electron chi connectivity index (χ3n) is 5.29. The van der Waals surface area contributed by atoms with Gasteiger partial charge in [-0.25, -0.2) is 4.79 Å². The molecule has 2 N–H and O–H groups in total. The van der Waals surface area contributed by atoms with E-state index in [1.165, 1.54) is 17.8 Å². The summed E-state index contributed by atoms with van der Waals surface area (Å²) in [5.41, 5.74) is -0.690. The molecule has 0 saturated carbocycles. The van der Waals surface area contributed by atoms with E-state index in [0.29, 0.717) is 115 Å². The second-order valence-corrected chi connectivity index (χ2v) is 9.44. The molecule has 13 heteroatoms. The smallest absolute Gasteiger partial charge is 0.332 e. The van der Waals surface area contributed by atoms with Crippen LogP contribution in [0.1, 0.15) is 12.5 Å². The summed E-state index contributed by atoms with van der Waals surface area (Å²) in [4.78, 5) is 15.6. The lowest BCUT2D eigenvalue weighted by molar-refractivity contribution is -0.141. The third-order valence-corrected chi connectivity index (χ3v) is 6.58. The fourth-order valence-corrected chi connectivity index (χ4v) is 4.29. The van der Waals surface area contributed by atoms with Crippen molar-refractivity contribution >= 4 is 22.8 Å². The van der Waals surface area contributed by atoms with Crippen LogP contribution in [0.3, 0.4) is 0 Å². The van der Waals surface area contributed by atoms with Crippen LogP contribution in [0.2, 0.25) is 0 Å². The average Bonchev–Trinajstić information content (AvgIpc) is 3.32. The van der Waals surface area contributed by atoms with E-state index in [1.807, 2.05) is 0 Å². The van der Waals surface area contributed by atoms with Crippen molar-refractivity contribution in [2.75, 3.05) is 105 Å². The highest BCUT2D eigenvalue weighted by molar-refractivity contribution is 8.14. The minimum atomic E-state index is -1.18. The molecule has 0 amide bonds. The summed E-state index contributed by atoms with van der Waals surface area (Å²) in [7, 11) is 1.64. The zero-order valence-corrected chi connectivity index (χ0v) is 23.6. The molecule has 1 heterocycles. The number of hydrogen-bond donors (Lipinski definition) is 2. The van der Waals surface area contributed by atoms with Gasteiger partial charge >= 0.3 is 5.97 Å². The number of ether oxygens (including phenoxy) is 8. The summed E-state index contributed by atoms with van der Waals surface area (Å²) in [5, 5.41) is 20.1. The number of carboxylic acid groups (broad SMARTS) is 1. The first-order chi connectivity index (χ1) is 19.0. The average molecular weight is 576 g/mol. The van der Waals surface area contributed by atoms with Crippen molar-refractivity contribution in [3.63, 3.8) is 0 Å². The molecule has 0 radical (unpaired) electrons. The van der Waals surface area contributed by atoms with Gasteiger partial charge in [0.15, 0.2) is 5.54 Å². The molecule has 1 aromatic carbocycles. The molecule has 0 spiro atoms. The molecule has 0 aliphatic carbocycles. The second kappa shape index (κ2) is 20.0. The zero-order valence-electron chi connectivity index (χ0n) is 22.8. The van der Waals surface area contributed by atoms with E-state index in [9.17, 15) is 15.0 Å². The summed E-state index contributed by atoms with van der Waals surface area (Å²) in [5.74, 6) is -0.194. The van der Waals surface area contributed by atoms with Crippen molar-refractivity contribution in [1.29, 1.82) is 0 Å². The van der Waals surface area contributed by atoms with Crippen molar-refractivity contribution in [3.05, 3.63) is 23.8 Å². The number of aromatic hydroxyl groups is 1. The molecular formula is C26H41NO11S. The number of benzene rings is 1. The Morgan fingerprint density at radius 2 is 1.28 bits per heavy atom. The van der Waals surface area contributed by atoms with Crippen LogP contribution < -0.4 is 4.74 Å². The molecule has 12 nitrogen and oxygen atoms in total. The van der Waals surface area contributed by atoms with Gasteiger partial charge in [0.05, 0.1) is 85.9 Å². The zero-order chi connectivity index (χ0) is 28.2. The van der Waals surface area contributed by atoms with Crippen molar-refractivity contribution in [2.45, 2.75) is 12.5 Å². The second-order valence-electron chi connectivity index (χ2n) is 8.48. The van der Waals surface area contributed by atoms with Crippen LogP contribution >= 0.6 is 11.8 Å². The fourth-order valence-electron chi connectivity index (χ4n) is 3.09. The summed E-state index contributed by atoms with van der Waals surface area (Å²) >= 11 is 1.31. The topological polar surface area (TPSA) is 144 Å². The van der Waals surface area contributed by atoms with Gasteiger partial charge in [-0.15, -0.1) is 11.8 Å². The predicted molar refractivity (Wildman–Crippen MR) is 145 cm³/mol. The van der Waals surface area contributed by atoms with E-state index in [1.54, 1.807) is 26.2 Å². The molecule has 0 saturated heterocycles. The Labute approximate surface area is 233 Å². The Balaban J connectivity index is 1.38. The van der Waals surface area contributed by atoms with Gasteiger partial charge in [0, 0.05) is 24.5 Å². The first-order valence-electron chi connectivity index (χ1n) is 12.8. The number of phenolic OH excluding ortho intramolecular Hbond substituents is 1. The third kappa shape index (κ3) is 13.8. The molecule has 1 aromatic rings. The molecule has 0 bridgehead atoms. The largest absolute Gasteiger partial charge is 0.507 e. The minimum Gasteiger partial charge on any atom is -0.507 e. The molecule has 0 aromatic heterocycles. The Morgan fingerprint density at radius 1 is 0.821 bits per heavy atom. The van der Waals surface area contributed by atoms with Crippen molar-refractivity contribution < 1.29 is 52.9 Å². The maximum atomic E-state index is 11.4. The predicted octanol–water partition coefficient (Wildman–Crippen LogP) is 1.85. The fraction of sp³-hybridized carbons (Fsp3) is 0.692. The van der Waals surface area contributed by atoms with E-state index in [0.717, 1.165) is 0 Å². The summed E-state index contributed by atoms with van der Waals surface area (Å²) < 4.78 is 43.0. The monoisotopic (exact) mass is 575 g/mol. The number of hydrogen-bond acceptors (Lipinski definition) is 12. The van der Waals surface area contributed by atoms with E-state index in [-0.39, 0.29) is 5.75 Å². The van der Waals surface area contributed by atoms with E-state index < -0.39 is 11.5 Å². The lowest BCUT2D eigenvalue weighted by Crippen LogP contribution is -2.33. The summed E-state index contributed by atoms with van der Waals surface area (Å²) in [6, 6.07) is 4.86. The number of phenols is 1. The Morgan fingerprint density at radius 3 is 1.69 bits per heavy atom. The van der Waals surface area contributed by atoms with Gasteiger partial charge in [0.2, 0.25) is 0 Å². The van der Waals surface area contributed by atoms with Crippen molar-refractivity contribution in [2.24, 2.45) is 4.99 Å². The highest BCUT2D eigenvalue weighted by Crippen LogP contribution is 2.35. The van der Waals surface area contributed by atoms with Gasteiger partial charge in [0.1, 0.15) is 23.1 Å². The normalized spacial score (nSPS) is 16.9. The quantitative estimate of drug-likeness (QED) is 0.174. The molecule has 2 rings (SSSR count). The highest BCUT2D eigenvalue weighted by Gasteiger charge is 2.39. The number of nitrogens with zero attached hydrogens (tertiary/aromatic N) is 1. The molecule has 1 atom stereocenters. The van der Waals surface area contributed by atoms with Crippen LogP contribution in [0.15, 0.2) is 23.2 Å². The van der Waals surface area contributed by atoms with Crippen LogP contribution in [0.25, 0.3) is 0 Å². The van der Waals surface area contributed by atoms with Gasteiger partial charge in [-0.1, -0.05) is 0 Å². The molecule has 39 heavy (non-hydrogen) atoms. The standard InChI is InChI=1S/C26H41NO11S/c1-26(25(29)30)20-39-24(27-26)22-4-3-21(19-23(22)28)38-18-17-37-16-15-36-14-13-35-12-11-34-10-9-33-8-7-32-6-5-31-2/h3-4,19,28H,5-18,20H2,1-2H3,(H,29,30). The van der Waals surface area contributed by atoms with Crippen molar-refractivity contribution in [1.82, 2.24) is 0 Å². The van der Waals surface area contributed by atoms with Gasteiger partial charge < -0.3 is 48.1 Å². The first kappa shape index (κ1) is 33.2. The SMILES string of the molecule is COCCOCCOCCOCCOCCOCCOCCOc1ccc(C2=NC(C)(C(=O)O)CS2)c(O)c1. The number of methoxy groups -OCH3 is 1. The van der Waals surface area contributed by atoms with E-state index >= 15 is 0 Å². The number of carbonyl (C=O) groups is 1. The summed E-state index contributed by atoms with van der Waals surface area (Å²) in [6.07, 6.45) is 0. The molecule has 1 aliphatic rings. The number of thioether (sulfide) groups is 1. The van der Waals surface area contributed by atoms with Crippen LogP contribution in [0.4, 0.5) is 0 Å². The van der Waals surface area contributed by atoms with Gasteiger partial charge in [-0.2, -0.15) is 0 Å². The van der Waals surface area contributed by atoms with Gasteiger partial charge in [-0.3, -0.25) is 4.99 Å². The Kier molecular flexibility index (Phi) is 17.0. The maximum absolute atomic E-state index is 11.4. The number of rotatable bonds is 24. The van der Waals surface area contributed by atoms with Crippen molar-refractivity contribution in [3.8, 4) is 11.5 Å². The Bertz CT molecular complexity index is 857. The number of aliphatic carboxylic acids is 1. The molecule has 1 unspecified atom stereocenters. The molecular weight excluding hydrogens is 534 g/mol.